The van der Waals surface area contributed by atoms with Crippen LogP contribution in [0.5, 0.6) is 0 Å². The van der Waals surface area contributed by atoms with E-state index in [1.165, 1.54) is 11.3 Å². The summed E-state index contributed by atoms with van der Waals surface area (Å²) in [4.78, 5) is 17.5. The molecule has 0 fully saturated rings. The van der Waals surface area contributed by atoms with Crippen molar-refractivity contribution in [2.45, 2.75) is 13.8 Å². The van der Waals surface area contributed by atoms with Crippen molar-refractivity contribution < 1.29 is 4.79 Å². The van der Waals surface area contributed by atoms with E-state index in [9.17, 15) is 4.79 Å². The molecule has 0 radical (unpaired) electrons. The molecule has 0 aliphatic carbocycles. The molecule has 0 saturated heterocycles. The normalized spacial score (nSPS) is 12.0. The lowest BCUT2D eigenvalue weighted by molar-refractivity contribution is 0.0958. The Hall–Kier alpha value is -3.03. The van der Waals surface area contributed by atoms with Gasteiger partial charge >= 0.3 is 0 Å². The highest BCUT2D eigenvalue weighted by Crippen LogP contribution is 2.27. The first kappa shape index (κ1) is 19.7. The molecule has 6 nitrogen and oxygen atoms in total. The summed E-state index contributed by atoms with van der Waals surface area (Å²) in [6.45, 7) is 3.46. The average molecular weight is 412 g/mol. The van der Waals surface area contributed by atoms with Gasteiger partial charge in [0.25, 0.3) is 5.91 Å². The smallest absolute Gasteiger partial charge is 0.277 e. The summed E-state index contributed by atoms with van der Waals surface area (Å²) in [5.74, 6) is -0.336. The molecule has 0 aliphatic rings. The molecule has 28 heavy (non-hydrogen) atoms. The number of aromatic nitrogens is 1. The van der Waals surface area contributed by atoms with Crippen molar-refractivity contribution in [1.29, 1.82) is 0 Å². The van der Waals surface area contributed by atoms with Crippen LogP contribution in [0.2, 0.25) is 0 Å². The number of anilines is 1. The van der Waals surface area contributed by atoms with Crippen LogP contribution in [0.25, 0.3) is 10.6 Å². The SMILES string of the molecule is CC(=NNC(=O)c1sc(-c2ccccc2)nc1C)C(Cl)=NNc1ccccc1. The lowest BCUT2D eigenvalue weighted by atomic mass is 10.2. The van der Waals surface area contributed by atoms with Gasteiger partial charge in [-0.05, 0) is 26.0 Å². The Balaban J connectivity index is 1.66. The molecule has 0 aliphatic heterocycles. The van der Waals surface area contributed by atoms with Crippen LogP contribution >= 0.6 is 22.9 Å². The number of para-hydroxylation sites is 1. The molecule has 0 bridgehead atoms. The van der Waals surface area contributed by atoms with Crippen LogP contribution in [0.15, 0.2) is 70.9 Å². The molecule has 0 saturated carbocycles. The number of hydrogen-bond acceptors (Lipinski definition) is 6. The van der Waals surface area contributed by atoms with Crippen molar-refractivity contribution in [3.63, 3.8) is 0 Å². The third kappa shape index (κ3) is 5.03. The van der Waals surface area contributed by atoms with Crippen LogP contribution < -0.4 is 10.9 Å². The molecule has 1 heterocycles. The topological polar surface area (TPSA) is 78.7 Å². The van der Waals surface area contributed by atoms with E-state index < -0.39 is 0 Å². The van der Waals surface area contributed by atoms with Gasteiger partial charge in [0, 0.05) is 5.56 Å². The van der Waals surface area contributed by atoms with Crippen LogP contribution in [-0.2, 0) is 0 Å². The van der Waals surface area contributed by atoms with Gasteiger partial charge in [-0.15, -0.1) is 11.3 Å². The number of benzene rings is 2. The van der Waals surface area contributed by atoms with Crippen molar-refractivity contribution in [2.24, 2.45) is 10.2 Å². The monoisotopic (exact) mass is 411 g/mol. The molecule has 0 atom stereocenters. The van der Waals surface area contributed by atoms with Gasteiger partial charge in [0.05, 0.1) is 17.1 Å². The molecule has 1 aromatic heterocycles. The second kappa shape index (κ2) is 9.25. The summed E-state index contributed by atoms with van der Waals surface area (Å²) in [5.41, 5.74) is 8.14. The summed E-state index contributed by atoms with van der Waals surface area (Å²) in [5, 5.41) is 9.01. The second-order valence-electron chi connectivity index (χ2n) is 5.82. The van der Waals surface area contributed by atoms with Gasteiger partial charge in [0.1, 0.15) is 9.88 Å². The lowest BCUT2D eigenvalue weighted by Crippen LogP contribution is -2.20. The zero-order valence-corrected chi connectivity index (χ0v) is 16.9. The van der Waals surface area contributed by atoms with E-state index in [1.54, 1.807) is 13.8 Å². The molecule has 3 rings (SSSR count). The minimum Gasteiger partial charge on any atom is -0.277 e. The fourth-order valence-electron chi connectivity index (χ4n) is 2.25. The second-order valence-corrected chi connectivity index (χ2v) is 7.18. The Labute approximate surface area is 172 Å². The zero-order valence-electron chi connectivity index (χ0n) is 15.3. The fraction of sp³-hybridized carbons (Fsp3) is 0.100. The number of aryl methyl sites for hydroxylation is 1. The number of carbonyl (C=O) groups excluding carboxylic acids is 1. The standard InChI is InChI=1S/C20H18ClN5OS/c1-13-17(28-20(22-13)15-9-5-3-6-10-15)19(27)26-23-14(2)18(21)25-24-16-11-7-4-8-12-16/h3-12,24H,1-2H3,(H,26,27). The van der Waals surface area contributed by atoms with Gasteiger partial charge in [-0.25, -0.2) is 10.4 Å². The number of nitrogens with zero attached hydrogens (tertiary/aromatic N) is 3. The Bertz CT molecular complexity index is 1020. The number of hydrogen-bond donors (Lipinski definition) is 2. The first-order valence-corrected chi connectivity index (χ1v) is 9.66. The van der Waals surface area contributed by atoms with Crippen molar-refractivity contribution in [3.05, 3.63) is 71.2 Å². The Morgan fingerprint density at radius 1 is 1.04 bits per heavy atom. The fourth-order valence-corrected chi connectivity index (χ4v) is 3.30. The molecule has 2 aromatic carbocycles. The van der Waals surface area contributed by atoms with E-state index in [1.807, 2.05) is 60.7 Å². The molecule has 3 aromatic rings. The Morgan fingerprint density at radius 2 is 1.68 bits per heavy atom. The molecular weight excluding hydrogens is 394 g/mol. The highest BCUT2D eigenvalue weighted by Gasteiger charge is 2.16. The number of rotatable bonds is 6. The highest BCUT2D eigenvalue weighted by atomic mass is 35.5. The quantitative estimate of drug-likeness (QED) is 0.447. The third-order valence-corrected chi connectivity index (χ3v) is 5.27. The van der Waals surface area contributed by atoms with E-state index >= 15 is 0 Å². The summed E-state index contributed by atoms with van der Waals surface area (Å²) in [6, 6.07) is 19.1. The minimum atomic E-state index is -0.336. The van der Waals surface area contributed by atoms with E-state index in [2.05, 4.69) is 26.0 Å². The van der Waals surface area contributed by atoms with Gasteiger partial charge in [-0.3, -0.25) is 10.2 Å². The van der Waals surface area contributed by atoms with Crippen molar-refractivity contribution >= 4 is 45.4 Å². The summed E-state index contributed by atoms with van der Waals surface area (Å²) < 4.78 is 0. The third-order valence-electron chi connectivity index (χ3n) is 3.70. The predicted octanol–water partition coefficient (Wildman–Crippen LogP) is 4.89. The van der Waals surface area contributed by atoms with Crippen LogP contribution in [-0.4, -0.2) is 21.8 Å². The number of halogens is 1. The van der Waals surface area contributed by atoms with Crippen LogP contribution in [0.3, 0.4) is 0 Å². The van der Waals surface area contributed by atoms with E-state index in [4.69, 9.17) is 11.6 Å². The number of thiazole rings is 1. The van der Waals surface area contributed by atoms with Gasteiger partial charge < -0.3 is 0 Å². The molecule has 1 amide bonds. The lowest BCUT2D eigenvalue weighted by Gasteiger charge is -2.02. The first-order chi connectivity index (χ1) is 13.5. The van der Waals surface area contributed by atoms with Gasteiger partial charge in [-0.2, -0.15) is 10.2 Å². The Morgan fingerprint density at radius 3 is 2.36 bits per heavy atom. The van der Waals surface area contributed by atoms with Gasteiger partial charge in [0.15, 0.2) is 5.17 Å². The highest BCUT2D eigenvalue weighted by molar-refractivity contribution is 7.17. The minimum absolute atomic E-state index is 0.148. The maximum atomic E-state index is 12.5. The number of nitrogens with one attached hydrogen (secondary N) is 2. The van der Waals surface area contributed by atoms with E-state index in [-0.39, 0.29) is 11.1 Å². The Kier molecular flexibility index (Phi) is 6.52. The van der Waals surface area contributed by atoms with Gasteiger partial charge in [0.2, 0.25) is 0 Å². The van der Waals surface area contributed by atoms with Crippen LogP contribution in [0.1, 0.15) is 22.3 Å². The molecular formula is C20H18ClN5OS. The van der Waals surface area contributed by atoms with Gasteiger partial charge in [-0.1, -0.05) is 60.1 Å². The maximum Gasteiger partial charge on any atom is 0.283 e. The largest absolute Gasteiger partial charge is 0.283 e. The number of amides is 1. The molecule has 8 heteroatoms. The molecule has 142 valence electrons. The van der Waals surface area contributed by atoms with Crippen molar-refractivity contribution in [2.75, 3.05) is 5.43 Å². The molecule has 2 N–H and O–H groups in total. The summed E-state index contributed by atoms with van der Waals surface area (Å²) >= 11 is 7.44. The average Bonchev–Trinajstić information content (AvgIpc) is 3.13. The zero-order chi connectivity index (χ0) is 19.9. The summed E-state index contributed by atoms with van der Waals surface area (Å²) in [7, 11) is 0. The summed E-state index contributed by atoms with van der Waals surface area (Å²) in [6.07, 6.45) is 0. The first-order valence-electron chi connectivity index (χ1n) is 8.46. The molecule has 0 spiro atoms. The predicted molar refractivity (Wildman–Crippen MR) is 116 cm³/mol. The van der Waals surface area contributed by atoms with Crippen LogP contribution in [0, 0.1) is 6.92 Å². The number of carbonyl (C=O) groups is 1. The van der Waals surface area contributed by atoms with E-state index in [0.29, 0.717) is 16.3 Å². The van der Waals surface area contributed by atoms with Crippen LogP contribution in [0.4, 0.5) is 5.69 Å². The number of hydrazone groups is 2. The van der Waals surface area contributed by atoms with E-state index in [0.717, 1.165) is 16.3 Å². The maximum absolute atomic E-state index is 12.5. The molecule has 0 unspecified atom stereocenters. The van der Waals surface area contributed by atoms with Crippen molar-refractivity contribution in [3.8, 4) is 10.6 Å². The van der Waals surface area contributed by atoms with Crippen molar-refractivity contribution in [1.82, 2.24) is 10.4 Å².